The van der Waals surface area contributed by atoms with Gasteiger partial charge in [0.15, 0.2) is 0 Å². The van der Waals surface area contributed by atoms with E-state index in [9.17, 15) is 13.2 Å². The van der Waals surface area contributed by atoms with E-state index in [1.807, 2.05) is 31.2 Å². The summed E-state index contributed by atoms with van der Waals surface area (Å²) in [6.07, 6.45) is 1.74. The Balaban J connectivity index is 1.85. The van der Waals surface area contributed by atoms with Gasteiger partial charge in [0.25, 0.3) is 5.91 Å². The van der Waals surface area contributed by atoms with E-state index in [1.165, 1.54) is 10.4 Å². The maximum atomic E-state index is 12.9. The molecule has 2 aromatic carbocycles. The molecule has 1 N–H and O–H groups in total. The van der Waals surface area contributed by atoms with Gasteiger partial charge in [0.1, 0.15) is 5.75 Å². The standard InChI is InChI=1S/C21H26N2O4S/c1-15-10-11-17(28(25,26)23-12-6-7-13-23)14-19(15)21(24)22-16(2)18-8-4-5-9-20(18)27-3/h4-5,8-11,14,16H,6-7,12-13H2,1-3H3,(H,22,24)/t16-/m0/s1. The molecule has 0 radical (unpaired) electrons. The van der Waals surface area contributed by atoms with Gasteiger partial charge < -0.3 is 10.1 Å². The van der Waals surface area contributed by atoms with Crippen LogP contribution in [0.4, 0.5) is 0 Å². The number of methoxy groups -OCH3 is 1. The summed E-state index contributed by atoms with van der Waals surface area (Å²) in [5.41, 5.74) is 1.95. The Hall–Kier alpha value is -2.38. The van der Waals surface area contributed by atoms with Crippen LogP contribution in [0.15, 0.2) is 47.4 Å². The van der Waals surface area contributed by atoms with Crippen LogP contribution in [0.2, 0.25) is 0 Å². The van der Waals surface area contributed by atoms with Crippen molar-refractivity contribution in [2.24, 2.45) is 0 Å². The number of rotatable bonds is 6. The Labute approximate surface area is 166 Å². The molecule has 6 nitrogen and oxygen atoms in total. The van der Waals surface area contributed by atoms with Gasteiger partial charge in [-0.05, 0) is 50.5 Å². The zero-order chi connectivity index (χ0) is 20.3. The highest BCUT2D eigenvalue weighted by molar-refractivity contribution is 7.89. The van der Waals surface area contributed by atoms with Crippen molar-refractivity contribution in [2.75, 3.05) is 20.2 Å². The fourth-order valence-electron chi connectivity index (χ4n) is 3.46. The highest BCUT2D eigenvalue weighted by Crippen LogP contribution is 2.26. The van der Waals surface area contributed by atoms with Gasteiger partial charge in [0, 0.05) is 24.2 Å². The third-order valence-corrected chi connectivity index (χ3v) is 7.00. The summed E-state index contributed by atoms with van der Waals surface area (Å²) in [5, 5.41) is 2.95. The van der Waals surface area contributed by atoms with Crippen molar-refractivity contribution in [2.45, 2.75) is 37.6 Å². The number of hydrogen-bond donors (Lipinski definition) is 1. The molecule has 1 atom stereocenters. The van der Waals surface area contributed by atoms with E-state index in [2.05, 4.69) is 5.32 Å². The van der Waals surface area contributed by atoms with Crippen LogP contribution in [0.3, 0.4) is 0 Å². The first-order chi connectivity index (χ1) is 13.3. The van der Waals surface area contributed by atoms with Crippen molar-refractivity contribution in [3.8, 4) is 5.75 Å². The van der Waals surface area contributed by atoms with E-state index < -0.39 is 10.0 Å². The quantitative estimate of drug-likeness (QED) is 0.805. The van der Waals surface area contributed by atoms with E-state index in [1.54, 1.807) is 26.2 Å². The minimum absolute atomic E-state index is 0.162. The van der Waals surface area contributed by atoms with Gasteiger partial charge in [-0.3, -0.25) is 4.79 Å². The molecule has 1 amide bonds. The normalized spacial score (nSPS) is 16.0. The molecule has 1 heterocycles. The molecule has 28 heavy (non-hydrogen) atoms. The number of nitrogens with one attached hydrogen (secondary N) is 1. The summed E-state index contributed by atoms with van der Waals surface area (Å²) in [5.74, 6) is 0.381. The second kappa shape index (κ2) is 8.32. The second-order valence-electron chi connectivity index (χ2n) is 7.03. The van der Waals surface area contributed by atoms with Crippen molar-refractivity contribution in [1.29, 1.82) is 0 Å². The Morgan fingerprint density at radius 1 is 1.14 bits per heavy atom. The van der Waals surface area contributed by atoms with Crippen molar-refractivity contribution >= 4 is 15.9 Å². The molecule has 0 bridgehead atoms. The zero-order valence-electron chi connectivity index (χ0n) is 16.4. The van der Waals surface area contributed by atoms with Crippen LogP contribution in [-0.2, 0) is 10.0 Å². The number of sulfonamides is 1. The summed E-state index contributed by atoms with van der Waals surface area (Å²) >= 11 is 0. The largest absolute Gasteiger partial charge is 0.496 e. The van der Waals surface area contributed by atoms with Gasteiger partial charge in [0.05, 0.1) is 18.0 Å². The van der Waals surface area contributed by atoms with E-state index in [0.717, 1.165) is 24.0 Å². The molecule has 7 heteroatoms. The average Bonchev–Trinajstić information content (AvgIpc) is 3.23. The van der Waals surface area contributed by atoms with Crippen LogP contribution >= 0.6 is 0 Å². The third kappa shape index (κ3) is 4.05. The SMILES string of the molecule is COc1ccccc1[C@H](C)NC(=O)c1cc(S(=O)(=O)N2CCCC2)ccc1C. The molecule has 0 unspecified atom stereocenters. The highest BCUT2D eigenvalue weighted by Gasteiger charge is 2.28. The predicted octanol–water partition coefficient (Wildman–Crippen LogP) is 3.28. The molecular weight excluding hydrogens is 376 g/mol. The lowest BCUT2D eigenvalue weighted by Crippen LogP contribution is -2.30. The number of nitrogens with zero attached hydrogens (tertiary/aromatic N) is 1. The summed E-state index contributed by atoms with van der Waals surface area (Å²) in [7, 11) is -1.98. The summed E-state index contributed by atoms with van der Waals surface area (Å²) < 4.78 is 32.5. The van der Waals surface area contributed by atoms with Gasteiger partial charge in [-0.25, -0.2) is 8.42 Å². The van der Waals surface area contributed by atoms with Crippen LogP contribution < -0.4 is 10.1 Å². The summed E-state index contributed by atoms with van der Waals surface area (Å²) in [6.45, 7) is 4.73. The van der Waals surface area contributed by atoms with Crippen LogP contribution in [0.5, 0.6) is 5.75 Å². The molecular formula is C21H26N2O4S. The van der Waals surface area contributed by atoms with Gasteiger partial charge >= 0.3 is 0 Å². The summed E-state index contributed by atoms with van der Waals surface area (Å²) in [4.78, 5) is 13.1. The number of para-hydroxylation sites is 1. The maximum absolute atomic E-state index is 12.9. The highest BCUT2D eigenvalue weighted by atomic mass is 32.2. The van der Waals surface area contributed by atoms with Crippen LogP contribution in [0, 0.1) is 6.92 Å². The first kappa shape index (κ1) is 20.4. The van der Waals surface area contributed by atoms with Crippen LogP contribution in [-0.4, -0.2) is 38.8 Å². The van der Waals surface area contributed by atoms with Crippen molar-refractivity contribution in [1.82, 2.24) is 9.62 Å². The zero-order valence-corrected chi connectivity index (χ0v) is 17.3. The predicted molar refractivity (Wildman–Crippen MR) is 108 cm³/mol. The lowest BCUT2D eigenvalue weighted by Gasteiger charge is -2.19. The molecule has 0 aliphatic carbocycles. The number of aryl methyl sites for hydroxylation is 1. The number of carbonyl (C=O) groups excluding carboxylic acids is 1. The summed E-state index contributed by atoms with van der Waals surface area (Å²) in [6, 6.07) is 11.9. The first-order valence-corrected chi connectivity index (χ1v) is 10.8. The molecule has 1 aliphatic rings. The molecule has 0 spiro atoms. The van der Waals surface area contributed by atoms with Crippen LogP contribution in [0.1, 0.15) is 47.3 Å². The van der Waals surface area contributed by atoms with E-state index in [4.69, 9.17) is 4.74 Å². The van der Waals surface area contributed by atoms with Gasteiger partial charge in [-0.1, -0.05) is 24.3 Å². The number of carbonyl (C=O) groups is 1. The monoisotopic (exact) mass is 402 g/mol. The Kier molecular flexibility index (Phi) is 6.05. The minimum Gasteiger partial charge on any atom is -0.496 e. The number of benzene rings is 2. The average molecular weight is 403 g/mol. The fourth-order valence-corrected chi connectivity index (χ4v) is 5.00. The molecule has 0 aromatic heterocycles. The minimum atomic E-state index is -3.57. The molecule has 2 aromatic rings. The smallest absolute Gasteiger partial charge is 0.252 e. The first-order valence-electron chi connectivity index (χ1n) is 9.39. The third-order valence-electron chi connectivity index (χ3n) is 5.11. The molecule has 0 saturated carbocycles. The van der Waals surface area contributed by atoms with Crippen molar-refractivity contribution < 1.29 is 17.9 Å². The molecule has 3 rings (SSSR count). The Bertz CT molecular complexity index is 966. The van der Waals surface area contributed by atoms with E-state index in [0.29, 0.717) is 24.4 Å². The topological polar surface area (TPSA) is 75.7 Å². The van der Waals surface area contributed by atoms with E-state index >= 15 is 0 Å². The number of hydrogen-bond acceptors (Lipinski definition) is 4. The molecule has 1 fully saturated rings. The van der Waals surface area contributed by atoms with E-state index in [-0.39, 0.29) is 16.8 Å². The van der Waals surface area contributed by atoms with Crippen molar-refractivity contribution in [3.63, 3.8) is 0 Å². The van der Waals surface area contributed by atoms with Crippen molar-refractivity contribution in [3.05, 3.63) is 59.2 Å². The maximum Gasteiger partial charge on any atom is 0.252 e. The molecule has 150 valence electrons. The van der Waals surface area contributed by atoms with Crippen LogP contribution in [0.25, 0.3) is 0 Å². The Morgan fingerprint density at radius 2 is 1.82 bits per heavy atom. The lowest BCUT2D eigenvalue weighted by molar-refractivity contribution is 0.0938. The lowest BCUT2D eigenvalue weighted by atomic mass is 10.0. The van der Waals surface area contributed by atoms with Gasteiger partial charge in [0.2, 0.25) is 10.0 Å². The van der Waals surface area contributed by atoms with Gasteiger partial charge in [-0.15, -0.1) is 0 Å². The number of amides is 1. The fraction of sp³-hybridized carbons (Fsp3) is 0.381. The molecule has 1 saturated heterocycles. The second-order valence-corrected chi connectivity index (χ2v) is 8.96. The van der Waals surface area contributed by atoms with Gasteiger partial charge in [-0.2, -0.15) is 4.31 Å². The molecule has 1 aliphatic heterocycles. The Morgan fingerprint density at radius 3 is 2.50 bits per heavy atom. The number of ether oxygens (including phenoxy) is 1.